The lowest BCUT2D eigenvalue weighted by molar-refractivity contribution is -0.904. The zero-order chi connectivity index (χ0) is 30.5. The van der Waals surface area contributed by atoms with Crippen molar-refractivity contribution in [1.29, 1.82) is 0 Å². The van der Waals surface area contributed by atoms with Gasteiger partial charge in [-0.25, -0.2) is 0 Å². The average molecular weight is 581 g/mol. The Morgan fingerprint density at radius 1 is 0.738 bits per heavy atom. The second-order valence-corrected chi connectivity index (χ2v) is 13.1. The van der Waals surface area contributed by atoms with Crippen molar-refractivity contribution in [2.45, 2.75) is 130 Å². The summed E-state index contributed by atoms with van der Waals surface area (Å²) in [7, 11) is 4.44. The van der Waals surface area contributed by atoms with Gasteiger partial charge in [-0.2, -0.15) is 0 Å². The van der Waals surface area contributed by atoms with Crippen molar-refractivity contribution in [3.8, 4) is 5.75 Å². The van der Waals surface area contributed by atoms with Gasteiger partial charge in [0.15, 0.2) is 0 Å². The lowest BCUT2D eigenvalue weighted by Crippen LogP contribution is -2.40. The summed E-state index contributed by atoms with van der Waals surface area (Å²) in [5.74, 6) is 0.592. The first-order valence-corrected chi connectivity index (χ1v) is 17.1. The molecule has 2 atom stereocenters. The van der Waals surface area contributed by atoms with E-state index in [0.29, 0.717) is 6.61 Å². The summed E-state index contributed by atoms with van der Waals surface area (Å²) in [5.41, 5.74) is 2.69. The molecule has 0 saturated heterocycles. The van der Waals surface area contributed by atoms with Crippen LogP contribution in [0.5, 0.6) is 5.75 Å². The molecule has 0 saturated carbocycles. The Balaban J connectivity index is 1.58. The highest BCUT2D eigenvalue weighted by atomic mass is 16.6. The van der Waals surface area contributed by atoms with Crippen LogP contribution in [0.25, 0.3) is 0 Å². The minimum absolute atomic E-state index is 0.129. The number of ether oxygens (including phenoxy) is 2. The van der Waals surface area contributed by atoms with Crippen LogP contribution in [0.2, 0.25) is 0 Å². The van der Waals surface area contributed by atoms with E-state index in [1.165, 1.54) is 88.2 Å². The summed E-state index contributed by atoms with van der Waals surface area (Å²) >= 11 is 0. The first-order chi connectivity index (χ1) is 20.3. The molecule has 0 N–H and O–H groups in total. The molecular formula is C38H62NO3+. The molecule has 0 aliphatic rings. The van der Waals surface area contributed by atoms with Gasteiger partial charge in [-0.1, -0.05) is 134 Å². The van der Waals surface area contributed by atoms with Gasteiger partial charge in [0.1, 0.15) is 25.0 Å². The summed E-state index contributed by atoms with van der Waals surface area (Å²) in [6.07, 6.45) is 19.2. The fourth-order valence-electron chi connectivity index (χ4n) is 5.47. The number of hydrogen-bond donors (Lipinski definition) is 0. The average Bonchev–Trinajstić information content (AvgIpc) is 2.99. The summed E-state index contributed by atoms with van der Waals surface area (Å²) in [6, 6.07) is 19.0. The third kappa shape index (κ3) is 16.3. The Hall–Kier alpha value is -2.33. The number of hydrogen-bond acceptors (Lipinski definition) is 3. The molecule has 4 nitrogen and oxygen atoms in total. The molecule has 0 aromatic heterocycles. The fraction of sp³-hybridized carbons (Fsp3) is 0.658. The fourth-order valence-corrected chi connectivity index (χ4v) is 5.47. The maximum atomic E-state index is 12.7. The smallest absolute Gasteiger partial charge is 0.309 e. The van der Waals surface area contributed by atoms with Gasteiger partial charge in [0.2, 0.25) is 0 Å². The number of nitrogens with zero attached hydrogens (tertiary/aromatic N) is 1. The number of carbonyl (C=O) groups excluding carboxylic acids is 1. The lowest BCUT2D eigenvalue weighted by atomic mass is 10.0. The van der Waals surface area contributed by atoms with Crippen LogP contribution in [0, 0.1) is 5.92 Å². The normalized spacial score (nSPS) is 13.1. The molecule has 0 bridgehead atoms. The molecule has 2 unspecified atom stereocenters. The molecule has 4 heteroatoms. The zero-order valence-corrected chi connectivity index (χ0v) is 27.8. The van der Waals surface area contributed by atoms with E-state index < -0.39 is 0 Å². The van der Waals surface area contributed by atoms with Gasteiger partial charge >= 0.3 is 5.97 Å². The van der Waals surface area contributed by atoms with Crippen molar-refractivity contribution in [3.05, 3.63) is 65.7 Å². The van der Waals surface area contributed by atoms with E-state index in [1.807, 2.05) is 13.0 Å². The van der Waals surface area contributed by atoms with Crippen LogP contribution in [0.4, 0.5) is 0 Å². The third-order valence-electron chi connectivity index (χ3n) is 8.44. The van der Waals surface area contributed by atoms with Gasteiger partial charge in [0, 0.05) is 12.0 Å². The van der Waals surface area contributed by atoms with Crippen LogP contribution in [0.15, 0.2) is 54.6 Å². The molecule has 0 radical (unpaired) electrons. The highest BCUT2D eigenvalue weighted by molar-refractivity contribution is 5.71. The van der Waals surface area contributed by atoms with Crippen LogP contribution in [-0.4, -0.2) is 43.8 Å². The molecule has 0 fully saturated rings. The molecule has 2 aromatic rings. The van der Waals surface area contributed by atoms with E-state index >= 15 is 0 Å². The molecule has 2 rings (SSSR count). The number of unbranched alkanes of at least 4 members (excludes halogenated alkanes) is 11. The Kier molecular flexibility index (Phi) is 18.3. The van der Waals surface area contributed by atoms with Gasteiger partial charge in [0.25, 0.3) is 0 Å². The van der Waals surface area contributed by atoms with Crippen molar-refractivity contribution in [2.75, 3.05) is 27.2 Å². The standard InChI is InChI=1S/C38H62NO3/c1-6-8-9-10-11-12-13-14-15-16-17-19-22-34-25-27-37(28-26-34)42-36(7-2)32-41-38(40)33(3)29-30-39(4,5)31-35-23-20-18-21-24-35/h18,20-21,23-28,33,36H,6-17,19,22,29-32H2,1-5H3/q+1. The van der Waals surface area contributed by atoms with Crippen molar-refractivity contribution in [1.82, 2.24) is 0 Å². The molecule has 0 amide bonds. The third-order valence-corrected chi connectivity index (χ3v) is 8.44. The first-order valence-electron chi connectivity index (χ1n) is 17.1. The van der Waals surface area contributed by atoms with Gasteiger partial charge in [-0.3, -0.25) is 4.79 Å². The maximum absolute atomic E-state index is 12.7. The van der Waals surface area contributed by atoms with Crippen molar-refractivity contribution in [2.24, 2.45) is 5.92 Å². The monoisotopic (exact) mass is 580 g/mol. The van der Waals surface area contributed by atoms with Crippen LogP contribution in [0.1, 0.15) is 122 Å². The number of carbonyl (C=O) groups is 1. The number of aryl methyl sites for hydroxylation is 1. The van der Waals surface area contributed by atoms with E-state index in [-0.39, 0.29) is 18.0 Å². The molecule has 236 valence electrons. The Bertz CT molecular complexity index is 941. The SMILES string of the molecule is CCCCCCCCCCCCCCc1ccc(OC(CC)COC(=O)C(C)CC[N+](C)(C)Cc2ccccc2)cc1. The molecule has 42 heavy (non-hydrogen) atoms. The lowest BCUT2D eigenvalue weighted by Gasteiger charge is -2.30. The second-order valence-electron chi connectivity index (χ2n) is 13.1. The van der Waals surface area contributed by atoms with E-state index in [4.69, 9.17) is 9.47 Å². The number of esters is 1. The van der Waals surface area contributed by atoms with Crippen molar-refractivity contribution >= 4 is 5.97 Å². The van der Waals surface area contributed by atoms with Gasteiger partial charge in [0.05, 0.1) is 26.6 Å². The molecule has 2 aromatic carbocycles. The Labute approximate surface area is 258 Å². The molecule has 0 heterocycles. The Morgan fingerprint density at radius 2 is 1.31 bits per heavy atom. The van der Waals surface area contributed by atoms with E-state index in [2.05, 4.69) is 76.5 Å². The van der Waals surface area contributed by atoms with Crippen LogP contribution in [-0.2, 0) is 22.5 Å². The molecule has 0 spiro atoms. The van der Waals surface area contributed by atoms with Gasteiger partial charge in [-0.15, -0.1) is 0 Å². The highest BCUT2D eigenvalue weighted by Gasteiger charge is 2.22. The predicted octanol–water partition coefficient (Wildman–Crippen LogP) is 9.93. The topological polar surface area (TPSA) is 35.5 Å². The summed E-state index contributed by atoms with van der Waals surface area (Å²) < 4.78 is 12.7. The predicted molar refractivity (Wildman–Crippen MR) is 178 cm³/mol. The van der Waals surface area contributed by atoms with Gasteiger partial charge in [-0.05, 0) is 37.0 Å². The molecule has 0 aliphatic carbocycles. The number of quaternary nitrogens is 1. The van der Waals surface area contributed by atoms with Crippen LogP contribution < -0.4 is 4.74 Å². The van der Waals surface area contributed by atoms with Crippen molar-refractivity contribution in [3.63, 3.8) is 0 Å². The maximum Gasteiger partial charge on any atom is 0.309 e. The minimum atomic E-state index is -0.131. The molecular weight excluding hydrogens is 518 g/mol. The highest BCUT2D eigenvalue weighted by Crippen LogP contribution is 2.19. The summed E-state index contributed by atoms with van der Waals surface area (Å²) in [6.45, 7) is 8.50. The first kappa shape index (κ1) is 35.9. The number of rotatable bonds is 24. The Morgan fingerprint density at radius 3 is 1.88 bits per heavy atom. The quantitative estimate of drug-likeness (QED) is 0.0704. The zero-order valence-electron chi connectivity index (χ0n) is 27.8. The van der Waals surface area contributed by atoms with Crippen molar-refractivity contribution < 1.29 is 18.8 Å². The van der Waals surface area contributed by atoms with E-state index in [9.17, 15) is 4.79 Å². The second kappa shape index (κ2) is 21.4. The summed E-state index contributed by atoms with van der Waals surface area (Å²) in [4.78, 5) is 12.7. The minimum Gasteiger partial charge on any atom is -0.487 e. The summed E-state index contributed by atoms with van der Waals surface area (Å²) in [5, 5.41) is 0. The number of benzene rings is 2. The molecule has 0 aliphatic heterocycles. The van der Waals surface area contributed by atoms with Crippen LogP contribution >= 0.6 is 0 Å². The van der Waals surface area contributed by atoms with E-state index in [0.717, 1.165) is 42.6 Å². The van der Waals surface area contributed by atoms with Crippen LogP contribution in [0.3, 0.4) is 0 Å². The largest absolute Gasteiger partial charge is 0.487 e. The van der Waals surface area contributed by atoms with Gasteiger partial charge < -0.3 is 14.0 Å². The van der Waals surface area contributed by atoms with E-state index in [1.54, 1.807) is 0 Å².